The number of anilines is 1. The maximum atomic E-state index is 12.7. The van der Waals surface area contributed by atoms with Gasteiger partial charge in [0, 0.05) is 5.69 Å². The number of fused-ring (bicyclic) bond motifs is 2. The zero-order chi connectivity index (χ0) is 18.1. The number of benzene rings is 2. The minimum Gasteiger partial charge on any atom is -0.481 e. The zero-order valence-corrected chi connectivity index (χ0v) is 14.3. The Morgan fingerprint density at radius 3 is 2.15 bits per heavy atom. The van der Waals surface area contributed by atoms with Crippen molar-refractivity contribution in [1.29, 1.82) is 0 Å². The number of carbonyl (C=O) groups excluding carboxylic acids is 1. The van der Waals surface area contributed by atoms with Crippen LogP contribution in [0.5, 0.6) is 11.5 Å². The van der Waals surface area contributed by atoms with E-state index in [1.165, 1.54) is 0 Å². The van der Waals surface area contributed by atoms with Crippen molar-refractivity contribution < 1.29 is 19.4 Å². The number of aliphatic carboxylic acids is 1. The van der Waals surface area contributed by atoms with E-state index in [1.807, 2.05) is 30.3 Å². The third-order valence-electron chi connectivity index (χ3n) is 5.61. The molecule has 0 unspecified atom stereocenters. The Hall–Kier alpha value is -2.82. The number of hydrogen-bond donors (Lipinski definition) is 2. The van der Waals surface area contributed by atoms with Crippen LogP contribution in [0.1, 0.15) is 19.3 Å². The van der Waals surface area contributed by atoms with Gasteiger partial charge in [0.25, 0.3) is 0 Å². The summed E-state index contributed by atoms with van der Waals surface area (Å²) in [7, 11) is 0. The summed E-state index contributed by atoms with van der Waals surface area (Å²) >= 11 is 0. The van der Waals surface area contributed by atoms with Crippen molar-refractivity contribution >= 4 is 17.6 Å². The van der Waals surface area contributed by atoms with Crippen molar-refractivity contribution in [3.05, 3.63) is 54.6 Å². The molecule has 0 radical (unpaired) electrons. The van der Waals surface area contributed by atoms with E-state index in [1.54, 1.807) is 24.3 Å². The molecule has 134 valence electrons. The zero-order valence-electron chi connectivity index (χ0n) is 14.3. The molecule has 4 rings (SSSR count). The number of para-hydroxylation sites is 1. The second-order valence-corrected chi connectivity index (χ2v) is 7.15. The SMILES string of the molecule is O=C(O)[C@@H]1[C@H]2CC[C@@H](C2)[C@@H]1C(=O)Nc1ccc(Oc2ccccc2)cc1. The number of ether oxygens (including phenoxy) is 1. The second-order valence-electron chi connectivity index (χ2n) is 7.15. The monoisotopic (exact) mass is 351 g/mol. The molecule has 4 atom stereocenters. The summed E-state index contributed by atoms with van der Waals surface area (Å²) in [4.78, 5) is 24.3. The topological polar surface area (TPSA) is 75.6 Å². The Labute approximate surface area is 152 Å². The molecule has 0 saturated heterocycles. The number of carboxylic acids is 1. The summed E-state index contributed by atoms with van der Waals surface area (Å²) in [6.07, 6.45) is 2.74. The van der Waals surface area contributed by atoms with Crippen molar-refractivity contribution in [3.63, 3.8) is 0 Å². The molecular formula is C21H21NO4. The summed E-state index contributed by atoms with van der Waals surface area (Å²) in [5, 5.41) is 12.4. The molecule has 2 aliphatic rings. The van der Waals surface area contributed by atoms with Crippen LogP contribution in [0.25, 0.3) is 0 Å². The molecule has 2 fully saturated rings. The fourth-order valence-electron chi connectivity index (χ4n) is 4.48. The van der Waals surface area contributed by atoms with Gasteiger partial charge >= 0.3 is 5.97 Å². The molecule has 5 heteroatoms. The smallest absolute Gasteiger partial charge is 0.307 e. The average molecular weight is 351 g/mol. The Morgan fingerprint density at radius 1 is 0.885 bits per heavy atom. The van der Waals surface area contributed by atoms with Gasteiger partial charge in [0.05, 0.1) is 11.8 Å². The molecule has 0 aromatic heterocycles. The van der Waals surface area contributed by atoms with E-state index >= 15 is 0 Å². The van der Waals surface area contributed by atoms with Crippen molar-refractivity contribution in [3.8, 4) is 11.5 Å². The number of hydrogen-bond acceptors (Lipinski definition) is 3. The van der Waals surface area contributed by atoms with Crippen molar-refractivity contribution in [1.82, 2.24) is 0 Å². The quantitative estimate of drug-likeness (QED) is 0.848. The molecule has 2 aromatic rings. The van der Waals surface area contributed by atoms with E-state index in [-0.39, 0.29) is 17.7 Å². The molecule has 2 saturated carbocycles. The summed E-state index contributed by atoms with van der Waals surface area (Å²) < 4.78 is 5.74. The van der Waals surface area contributed by atoms with E-state index < -0.39 is 17.8 Å². The Morgan fingerprint density at radius 2 is 1.50 bits per heavy atom. The lowest BCUT2D eigenvalue weighted by molar-refractivity contribution is -0.148. The van der Waals surface area contributed by atoms with Gasteiger partial charge in [-0.3, -0.25) is 9.59 Å². The lowest BCUT2D eigenvalue weighted by Crippen LogP contribution is -2.37. The van der Waals surface area contributed by atoms with Crippen molar-refractivity contribution in [2.45, 2.75) is 19.3 Å². The Bertz CT molecular complexity index is 803. The second kappa shape index (κ2) is 6.83. The highest BCUT2D eigenvalue weighted by atomic mass is 16.5. The minimum absolute atomic E-state index is 0.148. The summed E-state index contributed by atoms with van der Waals surface area (Å²) in [6, 6.07) is 16.6. The van der Waals surface area contributed by atoms with E-state index in [0.29, 0.717) is 11.4 Å². The molecule has 2 bridgehead atoms. The van der Waals surface area contributed by atoms with Gasteiger partial charge in [0.2, 0.25) is 5.91 Å². The van der Waals surface area contributed by atoms with Crippen LogP contribution in [0.3, 0.4) is 0 Å². The third kappa shape index (κ3) is 3.17. The standard InChI is InChI=1S/C21H21NO4/c23-20(18-13-6-7-14(12-13)19(18)21(24)25)22-15-8-10-17(11-9-15)26-16-4-2-1-3-5-16/h1-5,8-11,13-14,18-19H,6-7,12H2,(H,22,23)(H,24,25)/t13-,14-,18-,19+/m0/s1. The first-order valence-electron chi connectivity index (χ1n) is 8.98. The van der Waals surface area contributed by atoms with Crippen LogP contribution in [-0.2, 0) is 9.59 Å². The molecule has 2 aliphatic carbocycles. The molecule has 26 heavy (non-hydrogen) atoms. The molecule has 1 amide bonds. The van der Waals surface area contributed by atoms with Crippen LogP contribution in [-0.4, -0.2) is 17.0 Å². The number of carboxylic acid groups (broad SMARTS) is 1. The average Bonchev–Trinajstić information content (AvgIpc) is 3.25. The highest BCUT2D eigenvalue weighted by Gasteiger charge is 2.53. The third-order valence-corrected chi connectivity index (χ3v) is 5.61. The van der Waals surface area contributed by atoms with E-state index in [9.17, 15) is 14.7 Å². The molecule has 0 spiro atoms. The van der Waals surface area contributed by atoms with Gasteiger partial charge in [-0.25, -0.2) is 0 Å². The lowest BCUT2D eigenvalue weighted by atomic mass is 9.78. The number of rotatable bonds is 5. The first-order valence-corrected chi connectivity index (χ1v) is 8.98. The van der Waals surface area contributed by atoms with Gasteiger partial charge in [-0.1, -0.05) is 18.2 Å². The van der Waals surface area contributed by atoms with Crippen LogP contribution in [0.15, 0.2) is 54.6 Å². The van der Waals surface area contributed by atoms with Crippen LogP contribution >= 0.6 is 0 Å². The highest BCUT2D eigenvalue weighted by molar-refractivity contribution is 5.96. The van der Waals surface area contributed by atoms with Crippen molar-refractivity contribution in [2.75, 3.05) is 5.32 Å². The lowest BCUT2D eigenvalue weighted by Gasteiger charge is -2.27. The minimum atomic E-state index is -0.844. The molecule has 2 N–H and O–H groups in total. The molecule has 0 aliphatic heterocycles. The summed E-state index contributed by atoms with van der Waals surface area (Å²) in [5.41, 5.74) is 0.655. The largest absolute Gasteiger partial charge is 0.481 e. The first kappa shape index (κ1) is 16.6. The fourth-order valence-corrected chi connectivity index (χ4v) is 4.48. The first-order chi connectivity index (χ1) is 12.6. The van der Waals surface area contributed by atoms with Crippen LogP contribution < -0.4 is 10.1 Å². The number of amides is 1. The normalized spacial score (nSPS) is 26.5. The predicted octanol–water partition coefficient (Wildman–Crippen LogP) is 4.16. The van der Waals surface area contributed by atoms with Gasteiger partial charge in [-0.05, 0) is 67.5 Å². The fraction of sp³-hybridized carbons (Fsp3) is 0.333. The van der Waals surface area contributed by atoms with Crippen LogP contribution in [0.2, 0.25) is 0 Å². The number of nitrogens with one attached hydrogen (secondary N) is 1. The molecular weight excluding hydrogens is 330 g/mol. The Balaban J connectivity index is 1.42. The van der Waals surface area contributed by atoms with E-state index in [0.717, 1.165) is 25.0 Å². The van der Waals surface area contributed by atoms with Gasteiger partial charge in [0.1, 0.15) is 11.5 Å². The van der Waals surface area contributed by atoms with E-state index in [4.69, 9.17) is 4.74 Å². The van der Waals surface area contributed by atoms with E-state index in [2.05, 4.69) is 5.32 Å². The van der Waals surface area contributed by atoms with Crippen LogP contribution in [0.4, 0.5) is 5.69 Å². The molecule has 2 aromatic carbocycles. The van der Waals surface area contributed by atoms with Crippen LogP contribution in [0, 0.1) is 23.7 Å². The predicted molar refractivity (Wildman–Crippen MR) is 97.0 cm³/mol. The van der Waals surface area contributed by atoms with Gasteiger partial charge in [0.15, 0.2) is 0 Å². The van der Waals surface area contributed by atoms with Crippen molar-refractivity contribution in [2.24, 2.45) is 23.7 Å². The summed E-state index contributed by atoms with van der Waals surface area (Å²) in [5.74, 6) is -0.226. The Kier molecular flexibility index (Phi) is 4.37. The molecule has 0 heterocycles. The maximum Gasteiger partial charge on any atom is 0.307 e. The molecule has 5 nitrogen and oxygen atoms in total. The van der Waals surface area contributed by atoms with Gasteiger partial charge in [-0.2, -0.15) is 0 Å². The summed E-state index contributed by atoms with van der Waals surface area (Å²) in [6.45, 7) is 0. The van der Waals surface area contributed by atoms with Gasteiger partial charge < -0.3 is 15.2 Å². The highest BCUT2D eigenvalue weighted by Crippen LogP contribution is 2.52. The maximum absolute atomic E-state index is 12.7. The van der Waals surface area contributed by atoms with Gasteiger partial charge in [-0.15, -0.1) is 0 Å². The number of carbonyl (C=O) groups is 2.